The lowest BCUT2D eigenvalue weighted by atomic mass is 9.90. The van der Waals surface area contributed by atoms with Crippen LogP contribution < -0.4 is 0 Å². The zero-order chi connectivity index (χ0) is 10.7. The van der Waals surface area contributed by atoms with Crippen molar-refractivity contribution >= 4 is 15.9 Å². The van der Waals surface area contributed by atoms with E-state index in [1.807, 2.05) is 6.08 Å². The molecule has 0 N–H and O–H groups in total. The molecule has 0 heterocycles. The lowest BCUT2D eigenvalue weighted by molar-refractivity contribution is 0.853. The topological polar surface area (TPSA) is 0 Å². The molecule has 0 atom stereocenters. The molecule has 0 saturated carbocycles. The zero-order valence-electron chi connectivity index (χ0n) is 8.97. The maximum atomic E-state index is 3.81. The lowest BCUT2D eigenvalue weighted by Crippen LogP contribution is -1.99. The Morgan fingerprint density at radius 1 is 1.43 bits per heavy atom. The normalized spacial score (nSPS) is 11.0. The number of hydrogen-bond donors (Lipinski definition) is 0. The van der Waals surface area contributed by atoms with E-state index in [0.717, 1.165) is 4.47 Å². The number of benzene rings is 1. The Balaban J connectivity index is 3.22. The highest BCUT2D eigenvalue weighted by atomic mass is 79.9. The number of rotatable bonds is 3. The Kier molecular flexibility index (Phi) is 3.94. The fourth-order valence-corrected chi connectivity index (χ4v) is 1.84. The van der Waals surface area contributed by atoms with Crippen molar-refractivity contribution in [2.75, 3.05) is 0 Å². The van der Waals surface area contributed by atoms with E-state index >= 15 is 0 Å². The summed E-state index contributed by atoms with van der Waals surface area (Å²) < 4.78 is 1.12. The molecule has 0 aliphatic rings. The molecule has 0 amide bonds. The molecule has 0 aromatic heterocycles. The first kappa shape index (κ1) is 11.5. The van der Waals surface area contributed by atoms with E-state index in [9.17, 15) is 0 Å². The van der Waals surface area contributed by atoms with Crippen molar-refractivity contribution in [2.24, 2.45) is 0 Å². The highest BCUT2D eigenvalue weighted by Gasteiger charge is 2.11. The van der Waals surface area contributed by atoms with Gasteiger partial charge in [-0.05, 0) is 29.2 Å². The minimum absolute atomic E-state index is 0.549. The minimum atomic E-state index is 0.549. The average Bonchev–Trinajstić information content (AvgIpc) is 2.16. The molecule has 0 aliphatic heterocycles. The molecule has 1 aromatic carbocycles. The van der Waals surface area contributed by atoms with Gasteiger partial charge in [-0.15, -0.1) is 6.58 Å². The molecule has 14 heavy (non-hydrogen) atoms. The first-order valence-corrected chi connectivity index (χ1v) is 5.61. The molecule has 1 rings (SSSR count). The summed E-state index contributed by atoms with van der Waals surface area (Å²) in [6.45, 7) is 10.3. The van der Waals surface area contributed by atoms with E-state index in [2.05, 4.69) is 61.5 Å². The quantitative estimate of drug-likeness (QED) is 0.731. The van der Waals surface area contributed by atoms with Gasteiger partial charge in [0, 0.05) is 10.4 Å². The molecule has 0 spiro atoms. The van der Waals surface area contributed by atoms with E-state index in [4.69, 9.17) is 0 Å². The van der Waals surface area contributed by atoms with Crippen LogP contribution in [0, 0.1) is 5.92 Å². The van der Waals surface area contributed by atoms with Gasteiger partial charge in [0.15, 0.2) is 0 Å². The molecule has 0 fully saturated rings. The number of halogens is 1. The van der Waals surface area contributed by atoms with Gasteiger partial charge in [-0.1, -0.05) is 48.8 Å². The van der Waals surface area contributed by atoms with Crippen LogP contribution in [-0.4, -0.2) is 0 Å². The van der Waals surface area contributed by atoms with Crippen LogP contribution in [-0.2, 0) is 0 Å². The largest absolute Gasteiger partial charge is 0.102 e. The molecule has 1 aromatic rings. The van der Waals surface area contributed by atoms with E-state index < -0.39 is 0 Å². The van der Waals surface area contributed by atoms with Crippen LogP contribution in [0.15, 0.2) is 35.3 Å². The smallest absolute Gasteiger partial charge is 0.0233 e. The van der Waals surface area contributed by atoms with Gasteiger partial charge in [0.2, 0.25) is 0 Å². The molecule has 0 nitrogen and oxygen atoms in total. The summed E-state index contributed by atoms with van der Waals surface area (Å²) in [6.07, 6.45) is 1.91. The molecule has 0 saturated heterocycles. The van der Waals surface area contributed by atoms with Gasteiger partial charge < -0.3 is 0 Å². The summed E-state index contributed by atoms with van der Waals surface area (Å²) in [5.41, 5.74) is 2.68. The fourth-order valence-electron chi connectivity index (χ4n) is 1.48. The Hall–Kier alpha value is -0.560. The van der Waals surface area contributed by atoms with Crippen molar-refractivity contribution < 1.29 is 0 Å². The van der Waals surface area contributed by atoms with Gasteiger partial charge in [0.25, 0.3) is 0 Å². The summed E-state index contributed by atoms with van der Waals surface area (Å²) in [5, 5.41) is 0. The summed E-state index contributed by atoms with van der Waals surface area (Å²) in [5.74, 6) is 1.78. The van der Waals surface area contributed by atoms with Crippen LogP contribution in [0.2, 0.25) is 0 Å². The Labute approximate surface area is 95.2 Å². The summed E-state index contributed by atoms with van der Waals surface area (Å²) in [7, 11) is 0. The van der Waals surface area contributed by atoms with Gasteiger partial charge in [0.1, 0.15) is 0 Å². The van der Waals surface area contributed by atoms with Crippen molar-refractivity contribution in [2.45, 2.75) is 26.7 Å². The van der Waals surface area contributed by atoms with Crippen LogP contribution in [0.25, 0.3) is 0 Å². The average molecular weight is 252 g/mol. The fraction of sp³-hybridized carbons (Fsp3) is 0.308. The van der Waals surface area contributed by atoms with Crippen molar-refractivity contribution in [3.8, 4) is 0 Å². The second-order valence-electron chi connectivity index (χ2n) is 3.77. The summed E-state index contributed by atoms with van der Waals surface area (Å²) in [4.78, 5) is 0. The van der Waals surface area contributed by atoms with Gasteiger partial charge in [-0.3, -0.25) is 0 Å². The lowest BCUT2D eigenvalue weighted by Gasteiger charge is -2.16. The SMILES string of the molecule is C=C[C](C)c1cc(Br)ccc1C(C)C. The number of allylic oxidation sites excluding steroid dienone is 1. The van der Waals surface area contributed by atoms with Crippen molar-refractivity contribution in [1.29, 1.82) is 0 Å². The van der Waals surface area contributed by atoms with Crippen molar-refractivity contribution in [1.82, 2.24) is 0 Å². The van der Waals surface area contributed by atoms with Crippen molar-refractivity contribution in [3.05, 3.63) is 52.4 Å². The Morgan fingerprint density at radius 3 is 2.57 bits per heavy atom. The second kappa shape index (κ2) is 4.79. The minimum Gasteiger partial charge on any atom is -0.102 e. The first-order valence-electron chi connectivity index (χ1n) is 4.82. The van der Waals surface area contributed by atoms with E-state index in [1.165, 1.54) is 17.0 Å². The van der Waals surface area contributed by atoms with Gasteiger partial charge in [0.05, 0.1) is 0 Å². The Bertz CT molecular complexity index is 326. The standard InChI is InChI=1S/C13H16Br/c1-5-10(4)13-8-11(14)6-7-12(13)9(2)3/h5-9H,1H2,2-4H3. The highest BCUT2D eigenvalue weighted by molar-refractivity contribution is 9.10. The second-order valence-corrected chi connectivity index (χ2v) is 4.69. The van der Waals surface area contributed by atoms with E-state index in [1.54, 1.807) is 0 Å². The third-order valence-electron chi connectivity index (χ3n) is 2.37. The first-order chi connectivity index (χ1) is 6.56. The molecule has 0 unspecified atom stereocenters. The maximum Gasteiger partial charge on any atom is 0.0233 e. The highest BCUT2D eigenvalue weighted by Crippen LogP contribution is 2.28. The molecular weight excluding hydrogens is 236 g/mol. The van der Waals surface area contributed by atoms with Gasteiger partial charge in [-0.2, -0.15) is 0 Å². The van der Waals surface area contributed by atoms with E-state index in [-0.39, 0.29) is 0 Å². The monoisotopic (exact) mass is 251 g/mol. The summed E-state index contributed by atoms with van der Waals surface area (Å²) >= 11 is 3.50. The number of hydrogen-bond acceptors (Lipinski definition) is 0. The van der Waals surface area contributed by atoms with Gasteiger partial charge >= 0.3 is 0 Å². The van der Waals surface area contributed by atoms with E-state index in [0.29, 0.717) is 5.92 Å². The maximum absolute atomic E-state index is 3.81. The Morgan fingerprint density at radius 2 is 2.07 bits per heavy atom. The summed E-state index contributed by atoms with van der Waals surface area (Å²) in [6, 6.07) is 6.43. The molecule has 0 aliphatic carbocycles. The van der Waals surface area contributed by atoms with Crippen molar-refractivity contribution in [3.63, 3.8) is 0 Å². The van der Waals surface area contributed by atoms with Crippen LogP contribution in [0.5, 0.6) is 0 Å². The van der Waals surface area contributed by atoms with Crippen LogP contribution in [0.3, 0.4) is 0 Å². The predicted octanol–water partition coefficient (Wildman–Crippen LogP) is 4.70. The molecule has 0 bridgehead atoms. The van der Waals surface area contributed by atoms with Gasteiger partial charge in [-0.25, -0.2) is 0 Å². The molecular formula is C13H16Br. The predicted molar refractivity (Wildman–Crippen MR) is 66.4 cm³/mol. The zero-order valence-corrected chi connectivity index (χ0v) is 10.6. The molecule has 1 radical (unpaired) electrons. The van der Waals surface area contributed by atoms with Crippen LogP contribution in [0.4, 0.5) is 0 Å². The molecule has 1 heteroatoms. The third kappa shape index (κ3) is 2.48. The van der Waals surface area contributed by atoms with Crippen LogP contribution in [0.1, 0.15) is 37.8 Å². The third-order valence-corrected chi connectivity index (χ3v) is 2.86. The van der Waals surface area contributed by atoms with Crippen LogP contribution >= 0.6 is 15.9 Å². The molecule has 75 valence electrons.